The largest absolute Gasteiger partial charge is 0.313 e. The third-order valence-electron chi connectivity index (χ3n) is 3.34. The van der Waals surface area contributed by atoms with Crippen molar-refractivity contribution < 1.29 is 0 Å². The number of aryl methyl sites for hydroxylation is 2. The third kappa shape index (κ3) is 3.41. The molecule has 1 heterocycles. The van der Waals surface area contributed by atoms with Gasteiger partial charge in [0.05, 0.1) is 5.69 Å². The third-order valence-corrected chi connectivity index (χ3v) is 3.71. The molecule has 0 bridgehead atoms. The lowest BCUT2D eigenvalue weighted by Gasteiger charge is -2.08. The summed E-state index contributed by atoms with van der Waals surface area (Å²) in [6.07, 6.45) is 4.13. The number of aromatic nitrogens is 2. The monoisotopic (exact) mass is 291 g/mol. The average Bonchev–Trinajstić information content (AvgIpc) is 2.82. The number of nitrogens with one attached hydrogen (secondary N) is 1. The van der Waals surface area contributed by atoms with Gasteiger partial charge in [-0.3, -0.25) is 4.68 Å². The van der Waals surface area contributed by atoms with Crippen LogP contribution in [0.15, 0.2) is 24.4 Å². The summed E-state index contributed by atoms with van der Waals surface area (Å²) in [5, 5.41) is 8.72. The number of hydrogen-bond acceptors (Lipinski definition) is 2. The fraction of sp³-hybridized carbons (Fsp3) is 0.438. The molecule has 0 aliphatic carbocycles. The fourth-order valence-corrected chi connectivity index (χ4v) is 2.50. The van der Waals surface area contributed by atoms with Crippen molar-refractivity contribution in [3.05, 3.63) is 40.7 Å². The Kier molecular flexibility index (Phi) is 5.21. The molecule has 20 heavy (non-hydrogen) atoms. The second kappa shape index (κ2) is 6.91. The summed E-state index contributed by atoms with van der Waals surface area (Å²) in [5.74, 6) is 0. The Labute approximate surface area is 126 Å². The Bertz CT molecular complexity index is 575. The van der Waals surface area contributed by atoms with Crippen LogP contribution < -0.4 is 5.32 Å². The molecule has 1 aromatic carbocycles. The second-order valence-electron chi connectivity index (χ2n) is 5.00. The van der Waals surface area contributed by atoms with Gasteiger partial charge in [0.15, 0.2) is 0 Å². The van der Waals surface area contributed by atoms with Crippen LogP contribution in [0.4, 0.5) is 0 Å². The Balaban J connectivity index is 2.30. The molecule has 0 spiro atoms. The van der Waals surface area contributed by atoms with Crippen molar-refractivity contribution in [3.63, 3.8) is 0 Å². The molecule has 0 aliphatic rings. The maximum atomic E-state index is 6.28. The standard InChI is InChI=1S/C16H22ClN3/c1-4-8-18-10-13-9-12(6-7-15(13)17)14-11-20(3)19-16(14)5-2/h6-7,9,11,18H,4-5,8,10H2,1-3H3. The number of benzene rings is 1. The number of halogens is 1. The Hall–Kier alpha value is -1.32. The highest BCUT2D eigenvalue weighted by Gasteiger charge is 2.10. The van der Waals surface area contributed by atoms with Crippen LogP contribution in [-0.2, 0) is 20.0 Å². The van der Waals surface area contributed by atoms with Gasteiger partial charge in [-0.15, -0.1) is 0 Å². The van der Waals surface area contributed by atoms with Crippen molar-refractivity contribution in [3.8, 4) is 11.1 Å². The van der Waals surface area contributed by atoms with Crippen molar-refractivity contribution in [2.24, 2.45) is 7.05 Å². The molecule has 0 aliphatic heterocycles. The van der Waals surface area contributed by atoms with Crippen LogP contribution in [0, 0.1) is 0 Å². The summed E-state index contributed by atoms with van der Waals surface area (Å²) in [6.45, 7) is 6.11. The zero-order valence-electron chi connectivity index (χ0n) is 12.4. The Morgan fingerprint density at radius 3 is 2.80 bits per heavy atom. The van der Waals surface area contributed by atoms with E-state index in [4.69, 9.17) is 11.6 Å². The minimum atomic E-state index is 0.808. The highest BCUT2D eigenvalue weighted by Crippen LogP contribution is 2.27. The van der Waals surface area contributed by atoms with Gasteiger partial charge in [0.1, 0.15) is 0 Å². The molecule has 0 saturated carbocycles. The van der Waals surface area contributed by atoms with Gasteiger partial charge >= 0.3 is 0 Å². The molecule has 0 fully saturated rings. The highest BCUT2D eigenvalue weighted by molar-refractivity contribution is 6.31. The lowest BCUT2D eigenvalue weighted by Crippen LogP contribution is -2.14. The maximum absolute atomic E-state index is 6.28. The molecule has 0 radical (unpaired) electrons. The Morgan fingerprint density at radius 2 is 2.10 bits per heavy atom. The fourth-order valence-electron chi connectivity index (χ4n) is 2.31. The van der Waals surface area contributed by atoms with E-state index in [1.807, 2.05) is 17.8 Å². The molecule has 0 unspecified atom stereocenters. The van der Waals surface area contributed by atoms with Crippen molar-refractivity contribution in [2.45, 2.75) is 33.2 Å². The molecule has 4 heteroatoms. The molecule has 2 aromatic rings. The predicted octanol–water partition coefficient (Wildman–Crippen LogP) is 3.80. The van der Waals surface area contributed by atoms with Crippen LogP contribution in [-0.4, -0.2) is 16.3 Å². The average molecular weight is 292 g/mol. The van der Waals surface area contributed by atoms with Crippen LogP contribution in [0.3, 0.4) is 0 Å². The van der Waals surface area contributed by atoms with Crippen molar-refractivity contribution in [1.82, 2.24) is 15.1 Å². The van der Waals surface area contributed by atoms with Crippen LogP contribution >= 0.6 is 11.6 Å². The summed E-state index contributed by atoms with van der Waals surface area (Å²) >= 11 is 6.28. The second-order valence-corrected chi connectivity index (χ2v) is 5.41. The minimum Gasteiger partial charge on any atom is -0.313 e. The normalized spacial score (nSPS) is 11.0. The van der Waals surface area contributed by atoms with Crippen LogP contribution in [0.5, 0.6) is 0 Å². The number of nitrogens with zero attached hydrogens (tertiary/aromatic N) is 2. The summed E-state index contributed by atoms with van der Waals surface area (Å²) in [4.78, 5) is 0. The first kappa shape index (κ1) is 15.1. The number of hydrogen-bond donors (Lipinski definition) is 1. The van der Waals surface area contributed by atoms with Gasteiger partial charge in [0.25, 0.3) is 0 Å². The van der Waals surface area contributed by atoms with Gasteiger partial charge in [0, 0.05) is 30.4 Å². The summed E-state index contributed by atoms with van der Waals surface area (Å²) in [6, 6.07) is 6.22. The van der Waals surface area contributed by atoms with E-state index < -0.39 is 0 Å². The van der Waals surface area contributed by atoms with Gasteiger partial charge < -0.3 is 5.32 Å². The van der Waals surface area contributed by atoms with Crippen molar-refractivity contribution in [1.29, 1.82) is 0 Å². The minimum absolute atomic E-state index is 0.808. The van der Waals surface area contributed by atoms with Crippen molar-refractivity contribution >= 4 is 11.6 Å². The molecule has 1 N–H and O–H groups in total. The first-order valence-corrected chi connectivity index (χ1v) is 7.55. The topological polar surface area (TPSA) is 29.9 Å². The van der Waals surface area contributed by atoms with E-state index in [0.717, 1.165) is 42.2 Å². The lowest BCUT2D eigenvalue weighted by molar-refractivity contribution is 0.676. The van der Waals surface area contributed by atoms with E-state index in [1.165, 1.54) is 11.1 Å². The highest BCUT2D eigenvalue weighted by atomic mass is 35.5. The predicted molar refractivity (Wildman–Crippen MR) is 85.0 cm³/mol. The van der Waals surface area contributed by atoms with Gasteiger partial charge in [0.2, 0.25) is 0 Å². The molecule has 108 valence electrons. The quantitative estimate of drug-likeness (QED) is 0.821. The molecule has 0 amide bonds. The van der Waals surface area contributed by atoms with Gasteiger partial charge in [-0.1, -0.05) is 31.5 Å². The van der Waals surface area contributed by atoms with E-state index in [0.29, 0.717) is 0 Å². The van der Waals surface area contributed by atoms with E-state index in [2.05, 4.69) is 42.6 Å². The molecule has 0 saturated heterocycles. The van der Waals surface area contributed by atoms with E-state index in [1.54, 1.807) is 0 Å². The first-order chi connectivity index (χ1) is 9.65. The van der Waals surface area contributed by atoms with Gasteiger partial charge in [-0.25, -0.2) is 0 Å². The smallest absolute Gasteiger partial charge is 0.0700 e. The van der Waals surface area contributed by atoms with E-state index >= 15 is 0 Å². The molecule has 0 atom stereocenters. The zero-order valence-corrected chi connectivity index (χ0v) is 13.2. The first-order valence-electron chi connectivity index (χ1n) is 7.17. The molecule has 1 aromatic heterocycles. The molecular formula is C16H22ClN3. The van der Waals surface area contributed by atoms with Gasteiger partial charge in [-0.2, -0.15) is 5.10 Å². The SMILES string of the molecule is CCCNCc1cc(-c2cn(C)nc2CC)ccc1Cl. The lowest BCUT2D eigenvalue weighted by atomic mass is 10.0. The summed E-state index contributed by atoms with van der Waals surface area (Å²) in [7, 11) is 1.96. The van der Waals surface area contributed by atoms with Crippen LogP contribution in [0.25, 0.3) is 11.1 Å². The maximum Gasteiger partial charge on any atom is 0.0700 e. The molecular weight excluding hydrogens is 270 g/mol. The molecule has 3 nitrogen and oxygen atoms in total. The van der Waals surface area contributed by atoms with Crippen LogP contribution in [0.2, 0.25) is 5.02 Å². The zero-order chi connectivity index (χ0) is 14.5. The summed E-state index contributed by atoms with van der Waals surface area (Å²) < 4.78 is 1.87. The van der Waals surface area contributed by atoms with Gasteiger partial charge in [-0.05, 0) is 42.6 Å². The van der Waals surface area contributed by atoms with E-state index in [9.17, 15) is 0 Å². The molecule has 2 rings (SSSR count). The van der Waals surface area contributed by atoms with Crippen LogP contribution in [0.1, 0.15) is 31.5 Å². The van der Waals surface area contributed by atoms with Crippen molar-refractivity contribution in [2.75, 3.05) is 6.54 Å². The summed E-state index contributed by atoms with van der Waals surface area (Å²) in [5.41, 5.74) is 4.65. The Morgan fingerprint density at radius 1 is 1.30 bits per heavy atom. The van der Waals surface area contributed by atoms with E-state index in [-0.39, 0.29) is 0 Å². The number of rotatable bonds is 6.